The van der Waals surface area contributed by atoms with Crippen molar-refractivity contribution in [2.24, 2.45) is 0 Å². The first-order chi connectivity index (χ1) is 20.0. The van der Waals surface area contributed by atoms with Gasteiger partial charge in [-0.2, -0.15) is 12.7 Å². The number of nitrogens with one attached hydrogen (secondary N) is 1. The Morgan fingerprint density at radius 2 is 1.60 bits per heavy atom. The minimum atomic E-state index is -4.15. The highest BCUT2D eigenvalue weighted by Crippen LogP contribution is 2.24. The summed E-state index contributed by atoms with van der Waals surface area (Å²) in [7, 11) is -1.42. The fraction of sp³-hybridized carbons (Fsp3) is 0.355. The Hall–Kier alpha value is -3.28. The maximum Gasteiger partial charge on any atom is 0.304 e. The molecule has 4 rings (SSSR count). The molecule has 224 valence electrons. The molecule has 1 N–H and O–H groups in total. The second kappa shape index (κ2) is 14.3. The lowest BCUT2D eigenvalue weighted by Gasteiger charge is -2.35. The first-order valence-corrected chi connectivity index (χ1v) is 16.1. The van der Waals surface area contributed by atoms with Gasteiger partial charge in [0.2, 0.25) is 11.8 Å². The van der Waals surface area contributed by atoms with Crippen molar-refractivity contribution in [1.82, 2.24) is 14.5 Å². The number of anilines is 1. The molecule has 0 spiro atoms. The van der Waals surface area contributed by atoms with Crippen LogP contribution in [0.1, 0.15) is 36.8 Å². The maximum atomic E-state index is 14.3. The van der Waals surface area contributed by atoms with E-state index < -0.39 is 34.5 Å². The summed E-state index contributed by atoms with van der Waals surface area (Å²) in [6.07, 6.45) is 4.07. The molecule has 2 amide bonds. The highest BCUT2D eigenvalue weighted by Gasteiger charge is 2.35. The number of nitrogens with zero attached hydrogens (tertiary/aromatic N) is 3. The van der Waals surface area contributed by atoms with Gasteiger partial charge in [0.1, 0.15) is 18.4 Å². The van der Waals surface area contributed by atoms with Crippen LogP contribution in [-0.4, -0.2) is 62.2 Å². The van der Waals surface area contributed by atoms with Crippen molar-refractivity contribution in [3.05, 3.63) is 100 Å². The summed E-state index contributed by atoms with van der Waals surface area (Å²) in [5, 5.41) is 3.15. The van der Waals surface area contributed by atoms with Gasteiger partial charge in [-0.15, -0.1) is 0 Å². The number of carbonyl (C=O) groups excluding carboxylic acids is 2. The van der Waals surface area contributed by atoms with E-state index in [1.54, 1.807) is 0 Å². The molecule has 0 unspecified atom stereocenters. The Labute approximate surface area is 255 Å². The first kappa shape index (κ1) is 31.7. The molecular formula is C31H36BrFN4O4S. The molecule has 0 heterocycles. The van der Waals surface area contributed by atoms with E-state index in [1.807, 2.05) is 54.6 Å². The molecule has 3 aromatic rings. The van der Waals surface area contributed by atoms with Crippen molar-refractivity contribution in [3.63, 3.8) is 0 Å². The Morgan fingerprint density at radius 1 is 0.952 bits per heavy atom. The van der Waals surface area contributed by atoms with Crippen molar-refractivity contribution < 1.29 is 22.4 Å². The zero-order valence-corrected chi connectivity index (χ0v) is 26.2. The molecule has 1 fully saturated rings. The Morgan fingerprint density at radius 3 is 2.21 bits per heavy atom. The lowest BCUT2D eigenvalue weighted by atomic mass is 10.0. The van der Waals surface area contributed by atoms with E-state index in [0.717, 1.165) is 62.0 Å². The number of hydrogen-bond acceptors (Lipinski definition) is 4. The largest absolute Gasteiger partial charge is 0.352 e. The average Bonchev–Trinajstić information content (AvgIpc) is 3.47. The van der Waals surface area contributed by atoms with E-state index in [4.69, 9.17) is 0 Å². The van der Waals surface area contributed by atoms with Crippen LogP contribution in [0, 0.1) is 5.82 Å². The Kier molecular flexibility index (Phi) is 10.7. The standard InChI is InChI=1S/C31H36BrFN4O4S/c1-35(2)42(40,41)37(28-17-15-26(33)16-18-28)22-30(38)36(21-24-11-8-12-25(32)19-24)29(20-23-9-4-3-5-10-23)31(39)34-27-13-6-7-14-27/h3-5,8-12,15-19,27,29H,6-7,13-14,20-22H2,1-2H3,(H,34,39)/t29-/m0/s1. The Bertz CT molecular complexity index is 1470. The third kappa shape index (κ3) is 8.17. The molecule has 3 aromatic carbocycles. The van der Waals surface area contributed by atoms with Crippen LogP contribution in [0.3, 0.4) is 0 Å². The molecule has 0 radical (unpaired) electrons. The normalized spacial score (nSPS) is 14.5. The number of benzene rings is 3. The summed E-state index contributed by atoms with van der Waals surface area (Å²) >= 11 is 3.48. The first-order valence-electron chi connectivity index (χ1n) is 13.9. The van der Waals surface area contributed by atoms with Crippen LogP contribution in [0.2, 0.25) is 0 Å². The SMILES string of the molecule is CN(C)S(=O)(=O)N(CC(=O)N(Cc1cccc(Br)c1)[C@@H](Cc1ccccc1)C(=O)NC1CCCC1)c1ccc(F)cc1. The minimum Gasteiger partial charge on any atom is -0.352 e. The molecule has 0 aromatic heterocycles. The van der Waals surface area contributed by atoms with E-state index in [0.29, 0.717) is 0 Å². The zero-order chi connectivity index (χ0) is 30.3. The summed E-state index contributed by atoms with van der Waals surface area (Å²) in [4.78, 5) is 29.6. The van der Waals surface area contributed by atoms with Crippen molar-refractivity contribution >= 4 is 43.6 Å². The van der Waals surface area contributed by atoms with Gasteiger partial charge in [0.25, 0.3) is 0 Å². The second-order valence-corrected chi connectivity index (χ2v) is 13.6. The summed E-state index contributed by atoms with van der Waals surface area (Å²) < 4.78 is 43.3. The van der Waals surface area contributed by atoms with Gasteiger partial charge in [0, 0.05) is 37.6 Å². The summed E-state index contributed by atoms with van der Waals surface area (Å²) in [5.41, 5.74) is 1.77. The zero-order valence-electron chi connectivity index (χ0n) is 23.7. The molecule has 42 heavy (non-hydrogen) atoms. The number of hydrogen-bond donors (Lipinski definition) is 1. The van der Waals surface area contributed by atoms with E-state index >= 15 is 0 Å². The van der Waals surface area contributed by atoms with Crippen molar-refractivity contribution in [2.45, 2.75) is 50.7 Å². The minimum absolute atomic E-state index is 0.0310. The van der Waals surface area contributed by atoms with Crippen molar-refractivity contribution in [1.29, 1.82) is 0 Å². The van der Waals surface area contributed by atoms with Crippen LogP contribution in [0.5, 0.6) is 0 Å². The van der Waals surface area contributed by atoms with Crippen LogP contribution in [-0.2, 0) is 32.8 Å². The summed E-state index contributed by atoms with van der Waals surface area (Å²) in [6, 6.07) is 20.9. The quantitative estimate of drug-likeness (QED) is 0.300. The fourth-order valence-electron chi connectivity index (χ4n) is 5.08. The van der Waals surface area contributed by atoms with Gasteiger partial charge < -0.3 is 10.2 Å². The molecule has 1 aliphatic carbocycles. The monoisotopic (exact) mass is 658 g/mol. The molecule has 8 nitrogen and oxygen atoms in total. The van der Waals surface area contributed by atoms with E-state index in [1.165, 1.54) is 31.1 Å². The molecular weight excluding hydrogens is 623 g/mol. The van der Waals surface area contributed by atoms with E-state index in [9.17, 15) is 22.4 Å². The number of rotatable bonds is 12. The molecule has 1 saturated carbocycles. The highest BCUT2D eigenvalue weighted by molar-refractivity contribution is 9.10. The lowest BCUT2D eigenvalue weighted by Crippen LogP contribution is -2.55. The third-order valence-electron chi connectivity index (χ3n) is 7.35. The van der Waals surface area contributed by atoms with Crippen molar-refractivity contribution in [3.8, 4) is 0 Å². The number of carbonyl (C=O) groups is 2. The fourth-order valence-corrected chi connectivity index (χ4v) is 6.58. The Balaban J connectivity index is 1.75. The van der Waals surface area contributed by atoms with Gasteiger partial charge in [-0.1, -0.05) is 71.2 Å². The van der Waals surface area contributed by atoms with Crippen LogP contribution in [0.15, 0.2) is 83.3 Å². The summed E-state index contributed by atoms with van der Waals surface area (Å²) in [5.74, 6) is -1.37. The predicted octanol–water partition coefficient (Wildman–Crippen LogP) is 4.90. The third-order valence-corrected chi connectivity index (χ3v) is 9.66. The number of halogens is 2. The van der Waals surface area contributed by atoms with E-state index in [-0.39, 0.29) is 30.6 Å². The topological polar surface area (TPSA) is 90.0 Å². The molecule has 0 saturated heterocycles. The maximum absolute atomic E-state index is 14.3. The van der Waals surface area contributed by atoms with Gasteiger partial charge in [-0.25, -0.2) is 8.70 Å². The molecule has 1 aliphatic rings. The van der Waals surface area contributed by atoms with Crippen LogP contribution >= 0.6 is 15.9 Å². The van der Waals surface area contributed by atoms with Gasteiger partial charge in [-0.05, 0) is 60.4 Å². The van der Waals surface area contributed by atoms with Crippen LogP contribution in [0.4, 0.5) is 10.1 Å². The lowest BCUT2D eigenvalue weighted by molar-refractivity contribution is -0.140. The van der Waals surface area contributed by atoms with E-state index in [2.05, 4.69) is 21.2 Å². The number of amides is 2. The van der Waals surface area contributed by atoms with Gasteiger partial charge >= 0.3 is 10.2 Å². The second-order valence-electron chi connectivity index (χ2n) is 10.6. The van der Waals surface area contributed by atoms with Crippen LogP contribution in [0.25, 0.3) is 0 Å². The van der Waals surface area contributed by atoms with Gasteiger partial charge in [0.15, 0.2) is 0 Å². The molecule has 0 bridgehead atoms. The summed E-state index contributed by atoms with van der Waals surface area (Å²) in [6.45, 7) is -0.505. The van der Waals surface area contributed by atoms with Crippen LogP contribution < -0.4 is 9.62 Å². The molecule has 0 aliphatic heterocycles. The highest BCUT2D eigenvalue weighted by atomic mass is 79.9. The predicted molar refractivity (Wildman–Crippen MR) is 165 cm³/mol. The smallest absolute Gasteiger partial charge is 0.304 e. The van der Waals surface area contributed by atoms with Gasteiger partial charge in [-0.3, -0.25) is 9.59 Å². The average molecular weight is 660 g/mol. The molecule has 1 atom stereocenters. The molecule has 11 heteroatoms. The van der Waals surface area contributed by atoms with Gasteiger partial charge in [0.05, 0.1) is 5.69 Å². The van der Waals surface area contributed by atoms with Crippen molar-refractivity contribution in [2.75, 3.05) is 24.9 Å².